The van der Waals surface area contributed by atoms with E-state index in [0.717, 1.165) is 12.8 Å². The van der Waals surface area contributed by atoms with Crippen molar-refractivity contribution in [1.29, 1.82) is 0 Å². The van der Waals surface area contributed by atoms with Gasteiger partial charge in [0.15, 0.2) is 5.69 Å². The summed E-state index contributed by atoms with van der Waals surface area (Å²) in [4.78, 5) is 37.6. The van der Waals surface area contributed by atoms with E-state index in [4.69, 9.17) is 0 Å². The fourth-order valence-corrected chi connectivity index (χ4v) is 3.26. The second-order valence-electron chi connectivity index (χ2n) is 6.65. The number of nitro benzene ring substituents is 1. The van der Waals surface area contributed by atoms with Crippen LogP contribution in [0.15, 0.2) is 35.1 Å². The molecule has 1 aliphatic heterocycles. The lowest BCUT2D eigenvalue weighted by molar-refractivity contribution is -0.384. The van der Waals surface area contributed by atoms with E-state index in [9.17, 15) is 19.7 Å². The lowest BCUT2D eigenvalue weighted by Gasteiger charge is -2.30. The number of likely N-dealkylation sites (tertiary alicyclic amines) is 1. The molecule has 8 heteroatoms. The molecule has 1 fully saturated rings. The molecule has 1 atom stereocenters. The van der Waals surface area contributed by atoms with Crippen LogP contribution in [-0.4, -0.2) is 38.6 Å². The number of amides is 1. The van der Waals surface area contributed by atoms with Crippen LogP contribution < -0.4 is 5.43 Å². The highest BCUT2D eigenvalue weighted by molar-refractivity contribution is 5.92. The van der Waals surface area contributed by atoms with E-state index in [2.05, 4.69) is 12.0 Å². The third-order valence-electron chi connectivity index (χ3n) is 4.56. The van der Waals surface area contributed by atoms with Gasteiger partial charge in [-0.25, -0.2) is 4.68 Å². The zero-order valence-electron chi connectivity index (χ0n) is 14.7. The van der Waals surface area contributed by atoms with Crippen molar-refractivity contribution in [2.45, 2.75) is 26.7 Å². The fraction of sp³-hybridized carbons (Fsp3) is 0.389. The zero-order valence-corrected chi connectivity index (χ0v) is 14.7. The summed E-state index contributed by atoms with van der Waals surface area (Å²) in [7, 11) is 0. The Morgan fingerprint density at radius 3 is 2.77 bits per heavy atom. The topological polar surface area (TPSA) is 98.3 Å². The summed E-state index contributed by atoms with van der Waals surface area (Å²) in [5, 5.41) is 15.5. The first kappa shape index (κ1) is 17.8. The normalized spacial score (nSPS) is 17.2. The first-order valence-electron chi connectivity index (χ1n) is 8.52. The summed E-state index contributed by atoms with van der Waals surface area (Å²) in [5.74, 6) is -0.0514. The zero-order chi connectivity index (χ0) is 18.8. The number of nitrogens with zero attached hydrogens (tertiary/aromatic N) is 4. The second kappa shape index (κ2) is 7.07. The number of benzene rings is 1. The highest BCUT2D eigenvalue weighted by Gasteiger charge is 2.26. The molecule has 0 radical (unpaired) electrons. The van der Waals surface area contributed by atoms with Gasteiger partial charge in [-0.1, -0.05) is 19.1 Å². The Morgan fingerprint density at radius 2 is 2.08 bits per heavy atom. The highest BCUT2D eigenvalue weighted by atomic mass is 16.6. The Balaban J connectivity index is 2.07. The first-order valence-corrected chi connectivity index (χ1v) is 8.52. The minimum absolute atomic E-state index is 0.142. The van der Waals surface area contributed by atoms with E-state index in [1.54, 1.807) is 30.0 Å². The predicted octanol–water partition coefficient (Wildman–Crippen LogP) is 2.32. The number of nitro groups is 1. The number of rotatable bonds is 3. The molecule has 1 aliphatic rings. The molecule has 1 aromatic carbocycles. The quantitative estimate of drug-likeness (QED) is 0.621. The van der Waals surface area contributed by atoms with Gasteiger partial charge in [0, 0.05) is 30.9 Å². The number of aromatic nitrogens is 2. The Labute approximate surface area is 150 Å². The molecular formula is C18H20N4O4. The van der Waals surface area contributed by atoms with Crippen molar-refractivity contribution >= 4 is 11.6 Å². The van der Waals surface area contributed by atoms with E-state index >= 15 is 0 Å². The molecule has 1 aromatic heterocycles. The maximum Gasteiger partial charge on any atom is 0.294 e. The predicted molar refractivity (Wildman–Crippen MR) is 95.5 cm³/mol. The van der Waals surface area contributed by atoms with Gasteiger partial charge in [-0.3, -0.25) is 19.7 Å². The summed E-state index contributed by atoms with van der Waals surface area (Å²) in [6.45, 7) is 4.86. The van der Waals surface area contributed by atoms with E-state index in [1.165, 1.54) is 16.8 Å². The van der Waals surface area contributed by atoms with Gasteiger partial charge in [0.2, 0.25) is 5.43 Å². The third-order valence-corrected chi connectivity index (χ3v) is 4.56. The van der Waals surface area contributed by atoms with Gasteiger partial charge in [0.1, 0.15) is 5.69 Å². The molecule has 8 nitrogen and oxygen atoms in total. The number of carbonyl (C=O) groups excluding carboxylic acids is 1. The molecular weight excluding hydrogens is 336 g/mol. The summed E-state index contributed by atoms with van der Waals surface area (Å²) in [6.07, 6.45) is 1.93. The molecule has 0 aliphatic carbocycles. The smallest absolute Gasteiger partial charge is 0.294 e. The Kier molecular flexibility index (Phi) is 4.83. The number of hydrogen-bond donors (Lipinski definition) is 0. The van der Waals surface area contributed by atoms with E-state index in [-0.39, 0.29) is 17.1 Å². The summed E-state index contributed by atoms with van der Waals surface area (Å²) >= 11 is 0. The van der Waals surface area contributed by atoms with Crippen molar-refractivity contribution in [1.82, 2.24) is 14.7 Å². The SMILES string of the molecule is Cc1cc(=O)c(C(=O)N2CCCC(C)C2)nn1-c1ccccc1[N+](=O)[O-]. The van der Waals surface area contributed by atoms with Crippen molar-refractivity contribution in [2.75, 3.05) is 13.1 Å². The van der Waals surface area contributed by atoms with Gasteiger partial charge in [0.05, 0.1) is 4.92 Å². The van der Waals surface area contributed by atoms with Crippen LogP contribution in [0.4, 0.5) is 5.69 Å². The standard InChI is InChI=1S/C18H20N4O4/c1-12-6-5-9-20(11-12)18(24)17-16(23)10-13(2)21(19-17)14-7-3-4-8-15(14)22(25)26/h3-4,7-8,10,12H,5-6,9,11H2,1-2H3. The maximum absolute atomic E-state index is 12.8. The van der Waals surface area contributed by atoms with Crippen LogP contribution in [0.5, 0.6) is 0 Å². The van der Waals surface area contributed by atoms with E-state index < -0.39 is 16.3 Å². The molecule has 3 rings (SSSR count). The van der Waals surface area contributed by atoms with Gasteiger partial charge in [-0.15, -0.1) is 0 Å². The van der Waals surface area contributed by atoms with E-state index in [1.807, 2.05) is 0 Å². The molecule has 0 N–H and O–H groups in total. The van der Waals surface area contributed by atoms with Crippen molar-refractivity contribution in [3.63, 3.8) is 0 Å². The number of para-hydroxylation sites is 2. The molecule has 1 saturated heterocycles. The average Bonchev–Trinajstić information content (AvgIpc) is 2.61. The minimum Gasteiger partial charge on any atom is -0.337 e. The van der Waals surface area contributed by atoms with Crippen LogP contribution in [-0.2, 0) is 0 Å². The summed E-state index contributed by atoms with van der Waals surface area (Å²) in [6, 6.07) is 7.41. The van der Waals surface area contributed by atoms with Crippen LogP contribution >= 0.6 is 0 Å². The monoisotopic (exact) mass is 356 g/mol. The third kappa shape index (κ3) is 3.35. The average molecular weight is 356 g/mol. The Hall–Kier alpha value is -3.03. The number of piperidine rings is 1. The number of hydrogen-bond acceptors (Lipinski definition) is 5. The Morgan fingerprint density at radius 1 is 1.35 bits per heavy atom. The first-order chi connectivity index (χ1) is 12.4. The minimum atomic E-state index is -0.512. The largest absolute Gasteiger partial charge is 0.337 e. The van der Waals surface area contributed by atoms with Crippen molar-refractivity contribution in [2.24, 2.45) is 5.92 Å². The van der Waals surface area contributed by atoms with Crippen molar-refractivity contribution in [3.05, 3.63) is 62.1 Å². The van der Waals surface area contributed by atoms with Gasteiger partial charge in [-0.2, -0.15) is 5.10 Å². The van der Waals surface area contributed by atoms with Crippen molar-refractivity contribution in [3.8, 4) is 5.69 Å². The van der Waals surface area contributed by atoms with Crippen LogP contribution in [0.3, 0.4) is 0 Å². The van der Waals surface area contributed by atoms with Crippen LogP contribution in [0.2, 0.25) is 0 Å². The highest BCUT2D eigenvalue weighted by Crippen LogP contribution is 2.22. The van der Waals surface area contributed by atoms with Crippen molar-refractivity contribution < 1.29 is 9.72 Å². The van der Waals surface area contributed by atoms with Crippen LogP contribution in [0.1, 0.15) is 35.9 Å². The molecule has 1 unspecified atom stereocenters. The van der Waals surface area contributed by atoms with Gasteiger partial charge in [0.25, 0.3) is 11.6 Å². The van der Waals surface area contributed by atoms with E-state index in [0.29, 0.717) is 24.7 Å². The molecule has 0 bridgehead atoms. The van der Waals surface area contributed by atoms with Crippen LogP contribution in [0.25, 0.3) is 5.69 Å². The maximum atomic E-state index is 12.8. The lowest BCUT2D eigenvalue weighted by Crippen LogP contribution is -2.42. The molecule has 26 heavy (non-hydrogen) atoms. The lowest BCUT2D eigenvalue weighted by atomic mass is 10.00. The molecule has 1 amide bonds. The Bertz CT molecular complexity index is 922. The molecule has 0 spiro atoms. The number of carbonyl (C=O) groups is 1. The fourth-order valence-electron chi connectivity index (χ4n) is 3.26. The molecule has 136 valence electrons. The number of aryl methyl sites for hydroxylation is 1. The van der Waals surface area contributed by atoms with Gasteiger partial charge >= 0.3 is 0 Å². The molecule has 2 heterocycles. The summed E-state index contributed by atoms with van der Waals surface area (Å²) < 4.78 is 1.29. The summed E-state index contributed by atoms with van der Waals surface area (Å²) in [5.41, 5.74) is -0.177. The second-order valence-corrected chi connectivity index (χ2v) is 6.65. The molecule has 2 aromatic rings. The van der Waals surface area contributed by atoms with Gasteiger partial charge < -0.3 is 4.90 Å². The molecule has 0 saturated carbocycles. The van der Waals surface area contributed by atoms with Gasteiger partial charge in [-0.05, 0) is 31.7 Å². The van der Waals surface area contributed by atoms with Crippen LogP contribution in [0, 0.1) is 23.0 Å².